The highest BCUT2D eigenvalue weighted by Gasteiger charge is 2.09. The Morgan fingerprint density at radius 1 is 1.07 bits per heavy atom. The number of methoxy groups -OCH3 is 1. The number of ether oxygens (including phenoxy) is 1. The molecule has 2 aromatic carbocycles. The lowest BCUT2D eigenvalue weighted by Gasteiger charge is -2.05. The monoisotopic (exact) mass is 414 g/mol. The van der Waals surface area contributed by atoms with Gasteiger partial charge in [-0.1, -0.05) is 53.4 Å². The molecule has 1 amide bonds. The van der Waals surface area contributed by atoms with Gasteiger partial charge in [0.1, 0.15) is 0 Å². The molecule has 1 aromatic heterocycles. The minimum absolute atomic E-state index is 0.102. The molecular formula is C19H18N4O3S2. The van der Waals surface area contributed by atoms with E-state index in [4.69, 9.17) is 0 Å². The van der Waals surface area contributed by atoms with Gasteiger partial charge < -0.3 is 15.4 Å². The summed E-state index contributed by atoms with van der Waals surface area (Å²) in [6, 6.07) is 16.6. The van der Waals surface area contributed by atoms with Crippen molar-refractivity contribution < 1.29 is 14.3 Å². The Morgan fingerprint density at radius 2 is 1.82 bits per heavy atom. The van der Waals surface area contributed by atoms with E-state index < -0.39 is 0 Å². The first-order valence-electron chi connectivity index (χ1n) is 8.36. The average Bonchev–Trinajstić information content (AvgIpc) is 3.18. The Bertz CT molecular complexity index is 930. The van der Waals surface area contributed by atoms with Gasteiger partial charge >= 0.3 is 5.97 Å². The van der Waals surface area contributed by atoms with Gasteiger partial charge in [0.2, 0.25) is 11.0 Å². The van der Waals surface area contributed by atoms with Crippen molar-refractivity contribution in [3.05, 3.63) is 65.7 Å². The van der Waals surface area contributed by atoms with Crippen molar-refractivity contribution in [2.24, 2.45) is 0 Å². The van der Waals surface area contributed by atoms with Gasteiger partial charge in [0.25, 0.3) is 0 Å². The summed E-state index contributed by atoms with van der Waals surface area (Å²) in [5.74, 6) is -0.236. The molecule has 3 aromatic rings. The summed E-state index contributed by atoms with van der Waals surface area (Å²) in [5.41, 5.74) is 2.31. The summed E-state index contributed by atoms with van der Waals surface area (Å²) in [7, 11) is 1.34. The van der Waals surface area contributed by atoms with E-state index in [2.05, 4.69) is 25.6 Å². The molecule has 0 aliphatic rings. The molecule has 2 N–H and O–H groups in total. The third-order valence-electron chi connectivity index (χ3n) is 3.62. The minimum Gasteiger partial charge on any atom is -0.465 e. The molecule has 7 nitrogen and oxygen atoms in total. The Kier molecular flexibility index (Phi) is 6.99. The molecule has 28 heavy (non-hydrogen) atoms. The summed E-state index contributed by atoms with van der Waals surface area (Å²) in [4.78, 5) is 23.4. The second kappa shape index (κ2) is 9.86. The van der Waals surface area contributed by atoms with Crippen LogP contribution in [0.1, 0.15) is 15.9 Å². The highest BCUT2D eigenvalue weighted by atomic mass is 32.2. The van der Waals surface area contributed by atoms with E-state index in [-0.39, 0.29) is 17.6 Å². The number of nitrogens with one attached hydrogen (secondary N) is 2. The molecule has 0 bridgehead atoms. The van der Waals surface area contributed by atoms with E-state index in [9.17, 15) is 9.59 Å². The van der Waals surface area contributed by atoms with E-state index in [0.29, 0.717) is 17.2 Å². The van der Waals surface area contributed by atoms with Crippen molar-refractivity contribution >= 4 is 45.8 Å². The fourth-order valence-electron chi connectivity index (χ4n) is 2.22. The zero-order chi connectivity index (χ0) is 19.8. The number of rotatable bonds is 8. The van der Waals surface area contributed by atoms with Crippen molar-refractivity contribution in [1.29, 1.82) is 0 Å². The molecule has 0 aliphatic heterocycles. The van der Waals surface area contributed by atoms with E-state index in [1.807, 2.05) is 30.3 Å². The number of hydrogen-bond donors (Lipinski definition) is 2. The maximum Gasteiger partial charge on any atom is 0.337 e. The van der Waals surface area contributed by atoms with Gasteiger partial charge in [0.15, 0.2) is 4.34 Å². The van der Waals surface area contributed by atoms with Crippen LogP contribution in [-0.2, 0) is 16.1 Å². The van der Waals surface area contributed by atoms with Gasteiger partial charge in [-0.05, 0) is 29.8 Å². The number of anilines is 2. The number of para-hydroxylation sites is 1. The number of thioether (sulfide) groups is 1. The molecule has 0 saturated carbocycles. The van der Waals surface area contributed by atoms with Crippen LogP contribution in [0.15, 0.2) is 58.9 Å². The lowest BCUT2D eigenvalue weighted by molar-refractivity contribution is -0.118. The predicted octanol–water partition coefficient (Wildman–Crippen LogP) is 3.48. The molecule has 0 unspecified atom stereocenters. The molecule has 0 radical (unpaired) electrons. The van der Waals surface area contributed by atoms with Gasteiger partial charge in [-0.3, -0.25) is 4.79 Å². The van der Waals surface area contributed by atoms with E-state index in [1.54, 1.807) is 24.3 Å². The third-order valence-corrected chi connectivity index (χ3v) is 5.59. The van der Waals surface area contributed by atoms with E-state index in [0.717, 1.165) is 15.6 Å². The zero-order valence-corrected chi connectivity index (χ0v) is 16.7. The van der Waals surface area contributed by atoms with Crippen molar-refractivity contribution in [3.8, 4) is 0 Å². The second-order valence-electron chi connectivity index (χ2n) is 5.62. The summed E-state index contributed by atoms with van der Waals surface area (Å²) in [6.45, 7) is 0.387. The quantitative estimate of drug-likeness (QED) is 0.431. The standard InChI is InChI=1S/C19H18N4O3S2/c1-26-17(25)14-9-7-13(8-10-14)11-20-16(24)12-27-19-23-22-18(28-19)21-15-5-3-2-4-6-15/h2-10H,11-12H2,1H3,(H,20,24)(H,21,22). The number of esters is 1. The van der Waals surface area contributed by atoms with Crippen molar-refractivity contribution in [2.45, 2.75) is 10.9 Å². The molecule has 0 spiro atoms. The Hall–Kier alpha value is -2.91. The number of carbonyl (C=O) groups is 2. The summed E-state index contributed by atoms with van der Waals surface area (Å²) in [6.07, 6.45) is 0. The van der Waals surface area contributed by atoms with Gasteiger partial charge in [-0.2, -0.15) is 0 Å². The number of hydrogen-bond acceptors (Lipinski definition) is 8. The average molecular weight is 415 g/mol. The van der Waals surface area contributed by atoms with Crippen LogP contribution in [0, 0.1) is 0 Å². The van der Waals surface area contributed by atoms with Gasteiger partial charge in [0, 0.05) is 12.2 Å². The van der Waals surface area contributed by atoms with Crippen molar-refractivity contribution in [3.63, 3.8) is 0 Å². The molecule has 0 aliphatic carbocycles. The first kappa shape index (κ1) is 19.8. The predicted molar refractivity (Wildman–Crippen MR) is 110 cm³/mol. The molecule has 9 heteroatoms. The van der Waals surface area contributed by atoms with Gasteiger partial charge in [-0.25, -0.2) is 4.79 Å². The van der Waals surface area contributed by atoms with Crippen LogP contribution in [-0.4, -0.2) is 34.9 Å². The van der Waals surface area contributed by atoms with Crippen LogP contribution in [0.4, 0.5) is 10.8 Å². The number of aromatic nitrogens is 2. The fraction of sp³-hybridized carbons (Fsp3) is 0.158. The summed E-state index contributed by atoms with van der Waals surface area (Å²) in [5, 5.41) is 14.9. The molecular weight excluding hydrogens is 396 g/mol. The highest BCUT2D eigenvalue weighted by Crippen LogP contribution is 2.27. The Morgan fingerprint density at radius 3 is 2.54 bits per heavy atom. The van der Waals surface area contributed by atoms with Gasteiger partial charge in [0.05, 0.1) is 18.4 Å². The van der Waals surface area contributed by atoms with Crippen LogP contribution < -0.4 is 10.6 Å². The van der Waals surface area contributed by atoms with Gasteiger partial charge in [-0.15, -0.1) is 10.2 Å². The number of carbonyl (C=O) groups excluding carboxylic acids is 2. The lowest BCUT2D eigenvalue weighted by atomic mass is 10.1. The van der Waals surface area contributed by atoms with E-state index >= 15 is 0 Å². The summed E-state index contributed by atoms with van der Waals surface area (Å²) < 4.78 is 5.38. The number of benzene rings is 2. The minimum atomic E-state index is -0.384. The molecule has 144 valence electrons. The van der Waals surface area contributed by atoms with Crippen LogP contribution in [0.2, 0.25) is 0 Å². The van der Waals surface area contributed by atoms with Crippen LogP contribution in [0.25, 0.3) is 0 Å². The first-order valence-corrected chi connectivity index (χ1v) is 10.2. The van der Waals surface area contributed by atoms with Crippen molar-refractivity contribution in [1.82, 2.24) is 15.5 Å². The Labute approximate surface area is 170 Å². The third kappa shape index (κ3) is 5.80. The van der Waals surface area contributed by atoms with E-state index in [1.165, 1.54) is 30.2 Å². The molecule has 0 atom stereocenters. The normalized spacial score (nSPS) is 10.3. The van der Waals surface area contributed by atoms with Crippen LogP contribution >= 0.6 is 23.1 Å². The summed E-state index contributed by atoms with van der Waals surface area (Å²) >= 11 is 2.73. The van der Waals surface area contributed by atoms with Crippen LogP contribution in [0.3, 0.4) is 0 Å². The van der Waals surface area contributed by atoms with Crippen molar-refractivity contribution in [2.75, 3.05) is 18.2 Å². The maximum atomic E-state index is 12.0. The fourth-order valence-corrected chi connectivity index (χ4v) is 3.82. The number of nitrogens with zero attached hydrogens (tertiary/aromatic N) is 2. The SMILES string of the molecule is COC(=O)c1ccc(CNC(=O)CSc2nnc(Nc3ccccc3)s2)cc1. The largest absolute Gasteiger partial charge is 0.465 e. The zero-order valence-electron chi connectivity index (χ0n) is 15.0. The smallest absolute Gasteiger partial charge is 0.337 e. The molecule has 3 rings (SSSR count). The second-order valence-corrected chi connectivity index (χ2v) is 7.82. The molecule has 0 saturated heterocycles. The number of amides is 1. The first-order chi connectivity index (χ1) is 13.6. The van der Waals surface area contributed by atoms with Crippen LogP contribution in [0.5, 0.6) is 0 Å². The molecule has 0 fully saturated rings. The topological polar surface area (TPSA) is 93.2 Å². The maximum absolute atomic E-state index is 12.0. The lowest BCUT2D eigenvalue weighted by Crippen LogP contribution is -2.24. The highest BCUT2D eigenvalue weighted by molar-refractivity contribution is 8.01. The molecule has 1 heterocycles. The Balaban J connectivity index is 1.42.